The average Bonchev–Trinajstić information content (AvgIpc) is 3.61. The number of carbonyl (C=O) groups is 1. The summed E-state index contributed by atoms with van der Waals surface area (Å²) in [5, 5.41) is 20.3. The van der Waals surface area contributed by atoms with E-state index in [1.54, 1.807) is 29.9 Å². The molecule has 0 bridgehead atoms. The van der Waals surface area contributed by atoms with Gasteiger partial charge in [0.15, 0.2) is 5.69 Å². The SMILES string of the molecule is Cn1nc(C(=O)O)c2cc(N3CC(c4ccc(OCc5c(-c6c(Cl)cccc6Cl)noc5C5CC5)cc4Cl)C3)ccc21. The molecule has 1 saturated heterocycles. The highest BCUT2D eigenvalue weighted by atomic mass is 35.5. The van der Waals surface area contributed by atoms with Crippen molar-refractivity contribution in [2.24, 2.45) is 7.05 Å². The summed E-state index contributed by atoms with van der Waals surface area (Å²) in [6.07, 6.45) is 2.10. The van der Waals surface area contributed by atoms with Gasteiger partial charge in [-0.3, -0.25) is 4.68 Å². The molecular weight excluding hydrogens is 599 g/mol. The molecule has 0 amide bonds. The number of nitrogens with zero attached hydrogens (tertiary/aromatic N) is 4. The van der Waals surface area contributed by atoms with E-state index < -0.39 is 5.97 Å². The van der Waals surface area contributed by atoms with Crippen LogP contribution in [-0.4, -0.2) is 39.1 Å². The van der Waals surface area contributed by atoms with Gasteiger partial charge in [-0.2, -0.15) is 5.10 Å². The minimum atomic E-state index is -1.04. The van der Waals surface area contributed by atoms with Gasteiger partial charge in [-0.25, -0.2) is 4.79 Å². The number of carboxylic acids is 1. The molecule has 42 heavy (non-hydrogen) atoms. The summed E-state index contributed by atoms with van der Waals surface area (Å²) in [6.45, 7) is 1.78. The Balaban J connectivity index is 1.06. The number of aromatic carboxylic acids is 1. The van der Waals surface area contributed by atoms with Gasteiger partial charge in [-0.15, -0.1) is 0 Å². The minimum Gasteiger partial charge on any atom is -0.489 e. The van der Waals surface area contributed by atoms with Gasteiger partial charge in [-0.05, 0) is 60.9 Å². The lowest BCUT2D eigenvalue weighted by Gasteiger charge is -2.41. The van der Waals surface area contributed by atoms with Crippen LogP contribution < -0.4 is 9.64 Å². The summed E-state index contributed by atoms with van der Waals surface area (Å²) in [5.41, 5.74) is 4.93. The van der Waals surface area contributed by atoms with Crippen LogP contribution in [0.3, 0.4) is 0 Å². The molecule has 1 saturated carbocycles. The van der Waals surface area contributed by atoms with Crippen molar-refractivity contribution in [2.45, 2.75) is 31.3 Å². The Morgan fingerprint density at radius 3 is 2.48 bits per heavy atom. The van der Waals surface area contributed by atoms with Gasteiger partial charge < -0.3 is 19.3 Å². The predicted octanol–water partition coefficient (Wildman–Crippen LogP) is 7.95. The first-order valence-corrected chi connectivity index (χ1v) is 14.7. The highest BCUT2D eigenvalue weighted by molar-refractivity contribution is 6.39. The van der Waals surface area contributed by atoms with Gasteiger partial charge in [0.2, 0.25) is 0 Å². The van der Waals surface area contributed by atoms with Crippen molar-refractivity contribution in [3.05, 3.63) is 92.2 Å². The van der Waals surface area contributed by atoms with Crippen molar-refractivity contribution >= 4 is 57.4 Å². The van der Waals surface area contributed by atoms with Crippen LogP contribution in [0.4, 0.5) is 5.69 Å². The first kappa shape index (κ1) is 27.1. The van der Waals surface area contributed by atoms with Crippen molar-refractivity contribution in [3.8, 4) is 17.0 Å². The zero-order valence-electron chi connectivity index (χ0n) is 22.5. The predicted molar refractivity (Wildman–Crippen MR) is 162 cm³/mol. The van der Waals surface area contributed by atoms with E-state index in [0.29, 0.717) is 43.4 Å². The molecule has 0 spiro atoms. The second-order valence-corrected chi connectivity index (χ2v) is 12.0. The Morgan fingerprint density at radius 1 is 1.02 bits per heavy atom. The molecule has 2 fully saturated rings. The molecule has 11 heteroatoms. The molecule has 1 N–H and O–H groups in total. The smallest absolute Gasteiger partial charge is 0.357 e. The first-order chi connectivity index (χ1) is 20.3. The molecule has 214 valence electrons. The molecule has 3 heterocycles. The van der Waals surface area contributed by atoms with Crippen molar-refractivity contribution < 1.29 is 19.2 Å². The number of halogens is 3. The molecular formula is C31H25Cl3N4O4. The van der Waals surface area contributed by atoms with E-state index in [9.17, 15) is 9.90 Å². The molecule has 0 atom stereocenters. The van der Waals surface area contributed by atoms with E-state index in [4.69, 9.17) is 44.1 Å². The maximum absolute atomic E-state index is 11.6. The third-order valence-electron chi connectivity index (χ3n) is 8.04. The van der Waals surface area contributed by atoms with Crippen LogP contribution in [0, 0.1) is 0 Å². The number of ether oxygens (including phenoxy) is 1. The number of rotatable bonds is 8. The van der Waals surface area contributed by atoms with E-state index in [1.165, 1.54) is 0 Å². The molecule has 3 aromatic carbocycles. The Morgan fingerprint density at radius 2 is 1.79 bits per heavy atom. The summed E-state index contributed by atoms with van der Waals surface area (Å²) in [6, 6.07) is 16.9. The third kappa shape index (κ3) is 4.77. The highest BCUT2D eigenvalue weighted by Crippen LogP contribution is 2.46. The summed E-state index contributed by atoms with van der Waals surface area (Å²) in [7, 11) is 1.75. The molecule has 2 aromatic heterocycles. The highest BCUT2D eigenvalue weighted by Gasteiger charge is 2.34. The van der Waals surface area contributed by atoms with Crippen LogP contribution >= 0.6 is 34.8 Å². The number of hydrogen-bond acceptors (Lipinski definition) is 6. The van der Waals surface area contributed by atoms with Crippen LogP contribution in [0.1, 0.15) is 52.1 Å². The van der Waals surface area contributed by atoms with Crippen LogP contribution in [0.15, 0.2) is 59.1 Å². The van der Waals surface area contributed by atoms with Crippen LogP contribution in [-0.2, 0) is 13.7 Å². The van der Waals surface area contributed by atoms with Gasteiger partial charge in [0.1, 0.15) is 23.8 Å². The molecule has 5 aromatic rings. The summed E-state index contributed by atoms with van der Waals surface area (Å²) in [5.74, 6) is 0.988. The Kier molecular flexibility index (Phi) is 6.80. The fourth-order valence-electron chi connectivity index (χ4n) is 5.63. The van der Waals surface area contributed by atoms with E-state index in [0.717, 1.165) is 54.0 Å². The quantitative estimate of drug-likeness (QED) is 0.187. The Hall–Kier alpha value is -3.72. The van der Waals surface area contributed by atoms with E-state index in [-0.39, 0.29) is 18.2 Å². The van der Waals surface area contributed by atoms with Crippen LogP contribution in [0.25, 0.3) is 22.2 Å². The lowest BCUT2D eigenvalue weighted by Crippen LogP contribution is -2.45. The van der Waals surface area contributed by atoms with Crippen molar-refractivity contribution in [1.29, 1.82) is 0 Å². The second-order valence-electron chi connectivity index (χ2n) is 10.8. The monoisotopic (exact) mass is 622 g/mol. The zero-order valence-corrected chi connectivity index (χ0v) is 24.7. The molecule has 8 nitrogen and oxygen atoms in total. The van der Waals surface area contributed by atoms with Crippen molar-refractivity contribution in [3.63, 3.8) is 0 Å². The topological polar surface area (TPSA) is 93.6 Å². The number of hydrogen-bond donors (Lipinski definition) is 1. The van der Waals surface area contributed by atoms with Gasteiger partial charge in [0.05, 0.1) is 21.1 Å². The van der Waals surface area contributed by atoms with Crippen LogP contribution in [0.2, 0.25) is 15.1 Å². The number of aryl methyl sites for hydroxylation is 1. The number of aromatic nitrogens is 3. The molecule has 7 rings (SSSR count). The maximum atomic E-state index is 11.6. The van der Waals surface area contributed by atoms with Gasteiger partial charge in [0, 0.05) is 53.6 Å². The maximum Gasteiger partial charge on any atom is 0.357 e. The van der Waals surface area contributed by atoms with Crippen molar-refractivity contribution in [1.82, 2.24) is 14.9 Å². The van der Waals surface area contributed by atoms with Gasteiger partial charge in [0.25, 0.3) is 0 Å². The first-order valence-electron chi connectivity index (χ1n) is 13.6. The lowest BCUT2D eigenvalue weighted by atomic mass is 9.90. The minimum absolute atomic E-state index is 0.0580. The van der Waals surface area contributed by atoms with Crippen LogP contribution in [0.5, 0.6) is 5.75 Å². The zero-order chi connectivity index (χ0) is 29.1. The summed E-state index contributed by atoms with van der Waals surface area (Å²) in [4.78, 5) is 13.8. The largest absolute Gasteiger partial charge is 0.489 e. The lowest BCUT2D eigenvalue weighted by molar-refractivity contribution is 0.0691. The fraction of sp³-hybridized carbons (Fsp3) is 0.258. The Labute approximate surface area is 256 Å². The van der Waals surface area contributed by atoms with E-state index in [2.05, 4.69) is 15.2 Å². The molecule has 2 aliphatic rings. The van der Waals surface area contributed by atoms with Gasteiger partial charge in [-0.1, -0.05) is 52.1 Å². The molecule has 0 unspecified atom stereocenters. The summed E-state index contributed by atoms with van der Waals surface area (Å²) >= 11 is 19.7. The normalized spacial score (nSPS) is 15.3. The molecule has 1 aliphatic carbocycles. The van der Waals surface area contributed by atoms with E-state index >= 15 is 0 Å². The van der Waals surface area contributed by atoms with Gasteiger partial charge >= 0.3 is 5.97 Å². The molecule has 0 radical (unpaired) electrons. The average molecular weight is 624 g/mol. The Bertz CT molecular complexity index is 1840. The number of anilines is 1. The standard InChI is InChI=1S/C31H25Cl3N4O4/c1-37-26-10-7-18(11-21(26)29(35-37)31(39)40)38-13-17(14-38)20-9-8-19(12-25(20)34)41-15-22-28(36-42-30(22)16-5-6-16)27-23(32)3-2-4-24(27)33/h2-4,7-12,16-17H,5-6,13-15H2,1H3,(H,39,40). The fourth-order valence-corrected chi connectivity index (χ4v) is 6.53. The molecule has 1 aliphatic heterocycles. The van der Waals surface area contributed by atoms with Crippen molar-refractivity contribution in [2.75, 3.05) is 18.0 Å². The number of benzene rings is 3. The summed E-state index contributed by atoms with van der Waals surface area (Å²) < 4.78 is 13.5. The van der Waals surface area contributed by atoms with E-state index in [1.807, 2.05) is 36.4 Å². The third-order valence-corrected chi connectivity index (χ3v) is 9.00. The number of fused-ring (bicyclic) bond motifs is 1. The second kappa shape index (κ2) is 10.5. The number of carboxylic acid groups (broad SMARTS) is 1.